The zero-order valence-corrected chi connectivity index (χ0v) is 22.6. The molecule has 2 aromatic carbocycles. The van der Waals surface area contributed by atoms with E-state index in [9.17, 15) is 19.5 Å². The van der Waals surface area contributed by atoms with Crippen LogP contribution in [0.15, 0.2) is 52.3 Å². The van der Waals surface area contributed by atoms with Gasteiger partial charge in [0.2, 0.25) is 11.8 Å². The Hall–Kier alpha value is -2.68. The molecule has 196 valence electrons. The first-order chi connectivity index (χ1) is 17.7. The number of carboxylic acid groups (broad SMARTS) is 1. The van der Waals surface area contributed by atoms with E-state index < -0.39 is 5.97 Å². The predicted molar refractivity (Wildman–Crippen MR) is 147 cm³/mol. The molecule has 2 fully saturated rings. The highest BCUT2D eigenvalue weighted by Crippen LogP contribution is 2.40. The molecule has 2 aliphatic heterocycles. The number of hydrogen-bond acceptors (Lipinski definition) is 5. The van der Waals surface area contributed by atoms with Crippen molar-refractivity contribution in [2.45, 2.75) is 35.5 Å². The largest absolute Gasteiger partial charge is 0.481 e. The highest BCUT2D eigenvalue weighted by atomic mass is 35.5. The van der Waals surface area contributed by atoms with Crippen LogP contribution in [-0.2, 0) is 14.4 Å². The van der Waals surface area contributed by atoms with Crippen molar-refractivity contribution in [3.63, 3.8) is 0 Å². The van der Waals surface area contributed by atoms with Gasteiger partial charge in [0.1, 0.15) is 0 Å². The van der Waals surface area contributed by atoms with Crippen LogP contribution in [0.5, 0.6) is 0 Å². The van der Waals surface area contributed by atoms with Crippen molar-refractivity contribution in [3.8, 4) is 0 Å². The average Bonchev–Trinajstić information content (AvgIpc) is 2.91. The third kappa shape index (κ3) is 6.80. The van der Waals surface area contributed by atoms with Gasteiger partial charge in [-0.15, -0.1) is 0 Å². The van der Waals surface area contributed by atoms with Crippen molar-refractivity contribution in [1.82, 2.24) is 4.90 Å². The van der Waals surface area contributed by atoms with E-state index in [2.05, 4.69) is 11.0 Å². The van der Waals surface area contributed by atoms with Crippen LogP contribution < -0.4 is 10.6 Å². The molecule has 37 heavy (non-hydrogen) atoms. The fourth-order valence-corrected chi connectivity index (χ4v) is 6.14. The van der Waals surface area contributed by atoms with E-state index in [1.807, 2.05) is 30.3 Å². The lowest BCUT2D eigenvalue weighted by Gasteiger charge is -2.32. The first-order valence-electron chi connectivity index (χ1n) is 12.2. The van der Waals surface area contributed by atoms with E-state index in [4.69, 9.17) is 28.9 Å². The van der Waals surface area contributed by atoms with E-state index in [0.29, 0.717) is 67.5 Å². The van der Waals surface area contributed by atoms with Crippen molar-refractivity contribution >= 4 is 64.5 Å². The van der Waals surface area contributed by atoms with Crippen LogP contribution in [0.1, 0.15) is 31.2 Å². The normalized spacial score (nSPS) is 17.4. The molecule has 2 aromatic rings. The highest BCUT2D eigenvalue weighted by molar-refractivity contribution is 7.99. The Kier molecular flexibility index (Phi) is 9.05. The van der Waals surface area contributed by atoms with Crippen LogP contribution in [0, 0.1) is 11.8 Å². The fraction of sp³-hybridized carbons (Fsp3) is 0.370. The Morgan fingerprint density at radius 2 is 1.62 bits per heavy atom. The number of piperidine rings is 2. The Morgan fingerprint density at radius 3 is 2.27 bits per heavy atom. The molecule has 0 aliphatic carbocycles. The summed E-state index contributed by atoms with van der Waals surface area (Å²) in [5.74, 6) is -1.61. The van der Waals surface area contributed by atoms with Crippen LogP contribution in [0.3, 0.4) is 0 Å². The number of amides is 2. The smallest absolute Gasteiger partial charge is 0.306 e. The maximum Gasteiger partial charge on any atom is 0.306 e. The summed E-state index contributed by atoms with van der Waals surface area (Å²) in [7, 11) is 0. The van der Waals surface area contributed by atoms with Crippen LogP contribution >= 0.6 is 35.0 Å². The number of anilines is 1. The number of nitrogens with zero attached hydrogens (tertiary/aromatic N) is 2. The minimum atomic E-state index is -0.719. The van der Waals surface area contributed by atoms with Gasteiger partial charge in [-0.25, -0.2) is 0 Å². The van der Waals surface area contributed by atoms with E-state index in [0.717, 1.165) is 15.5 Å². The number of carboxylic acids is 1. The van der Waals surface area contributed by atoms with Gasteiger partial charge in [0.25, 0.3) is 0 Å². The molecule has 10 heteroatoms. The molecule has 2 aliphatic rings. The molecule has 0 aromatic heterocycles. The SMILES string of the molecule is NC(=O)C1CCN(C(=O)C=Cc2ccc(Sc3cccc(N4CCC(C(=O)O)CC4)c3)c(Cl)c2Cl)CC1. The lowest BCUT2D eigenvalue weighted by atomic mass is 9.96. The van der Waals surface area contributed by atoms with Crippen molar-refractivity contribution in [3.05, 3.63) is 58.1 Å². The number of nitrogens with two attached hydrogens (primary N) is 1. The second kappa shape index (κ2) is 12.2. The standard InChI is InChI=1S/C27H29Cl2N3O4S/c28-24-17(5-7-23(33)32-14-8-18(9-15-32)26(30)34)4-6-22(25(24)29)37-21-3-1-2-20(16-21)31-12-10-19(11-13-31)27(35)36/h1-7,16,18-19H,8-15H2,(H2,30,34)(H,35,36). The number of halogens is 2. The minimum absolute atomic E-state index is 0.141. The molecule has 0 unspecified atom stereocenters. The molecule has 0 bridgehead atoms. The highest BCUT2D eigenvalue weighted by Gasteiger charge is 2.26. The average molecular weight is 563 g/mol. The Labute approximate surface area is 230 Å². The third-order valence-corrected chi connectivity index (χ3v) is 9.00. The van der Waals surface area contributed by atoms with Crippen LogP contribution in [0.25, 0.3) is 6.08 Å². The summed E-state index contributed by atoms with van der Waals surface area (Å²) in [4.78, 5) is 40.8. The number of aliphatic carboxylic acids is 1. The van der Waals surface area contributed by atoms with Crippen molar-refractivity contribution < 1.29 is 19.5 Å². The van der Waals surface area contributed by atoms with E-state index in [1.165, 1.54) is 17.8 Å². The molecule has 7 nitrogen and oxygen atoms in total. The second-order valence-corrected chi connectivity index (χ2v) is 11.2. The lowest BCUT2D eigenvalue weighted by Crippen LogP contribution is -2.41. The maximum atomic E-state index is 12.6. The van der Waals surface area contributed by atoms with Crippen LogP contribution in [0.2, 0.25) is 10.0 Å². The number of primary amides is 1. The summed E-state index contributed by atoms with van der Waals surface area (Å²) in [6.45, 7) is 2.41. The van der Waals surface area contributed by atoms with Crippen LogP contribution in [0.4, 0.5) is 5.69 Å². The van der Waals surface area contributed by atoms with Gasteiger partial charge in [0.15, 0.2) is 0 Å². The molecule has 2 saturated heterocycles. The summed E-state index contributed by atoms with van der Waals surface area (Å²) in [6, 6.07) is 11.8. The maximum absolute atomic E-state index is 12.6. The van der Waals surface area contributed by atoms with Gasteiger partial charge in [-0.3, -0.25) is 14.4 Å². The number of carbonyl (C=O) groups excluding carboxylic acids is 2. The summed E-state index contributed by atoms with van der Waals surface area (Å²) in [5.41, 5.74) is 7.06. The first kappa shape index (κ1) is 27.4. The zero-order valence-electron chi connectivity index (χ0n) is 20.2. The first-order valence-corrected chi connectivity index (χ1v) is 13.8. The monoisotopic (exact) mass is 561 g/mol. The van der Waals surface area contributed by atoms with E-state index in [-0.39, 0.29) is 23.7 Å². The lowest BCUT2D eigenvalue weighted by molar-refractivity contribution is -0.142. The fourth-order valence-electron chi connectivity index (χ4n) is 4.66. The topological polar surface area (TPSA) is 104 Å². The van der Waals surface area contributed by atoms with Crippen molar-refractivity contribution in [2.24, 2.45) is 17.6 Å². The zero-order chi connectivity index (χ0) is 26.5. The van der Waals surface area contributed by atoms with Gasteiger partial charge in [0.05, 0.1) is 16.0 Å². The third-order valence-electron chi connectivity index (χ3n) is 6.95. The number of carbonyl (C=O) groups is 3. The minimum Gasteiger partial charge on any atom is -0.481 e. The molecule has 3 N–H and O–H groups in total. The second-order valence-electron chi connectivity index (χ2n) is 9.32. The number of benzene rings is 2. The molecule has 0 spiro atoms. The summed E-state index contributed by atoms with van der Waals surface area (Å²) < 4.78 is 0. The summed E-state index contributed by atoms with van der Waals surface area (Å²) in [6.07, 6.45) is 5.57. The van der Waals surface area contributed by atoms with Crippen molar-refractivity contribution in [1.29, 1.82) is 0 Å². The molecule has 2 heterocycles. The van der Waals surface area contributed by atoms with E-state index in [1.54, 1.807) is 11.0 Å². The molecule has 2 amide bonds. The van der Waals surface area contributed by atoms with Gasteiger partial charge in [0, 0.05) is 53.7 Å². The molecule has 4 rings (SSSR count). The number of rotatable bonds is 7. The summed E-state index contributed by atoms with van der Waals surface area (Å²) >= 11 is 14.6. The Balaban J connectivity index is 1.39. The van der Waals surface area contributed by atoms with Gasteiger partial charge < -0.3 is 20.6 Å². The Bertz CT molecular complexity index is 1210. The quantitative estimate of drug-likeness (QED) is 0.451. The molecule has 0 radical (unpaired) electrons. The summed E-state index contributed by atoms with van der Waals surface area (Å²) in [5, 5.41) is 10.0. The molecule has 0 saturated carbocycles. The van der Waals surface area contributed by atoms with Gasteiger partial charge in [-0.1, -0.05) is 47.1 Å². The molecular formula is C27H29Cl2N3O4S. The van der Waals surface area contributed by atoms with Crippen molar-refractivity contribution in [2.75, 3.05) is 31.1 Å². The molecular weight excluding hydrogens is 533 g/mol. The van der Waals surface area contributed by atoms with Crippen LogP contribution in [-0.4, -0.2) is 54.0 Å². The van der Waals surface area contributed by atoms with E-state index >= 15 is 0 Å². The van der Waals surface area contributed by atoms with Gasteiger partial charge in [-0.05, 0) is 61.6 Å². The molecule has 0 atom stereocenters. The number of hydrogen-bond donors (Lipinski definition) is 2. The Morgan fingerprint density at radius 1 is 0.946 bits per heavy atom. The van der Waals surface area contributed by atoms with Gasteiger partial charge in [-0.2, -0.15) is 0 Å². The predicted octanol–water partition coefficient (Wildman–Crippen LogP) is 5.18. The number of likely N-dealkylation sites (tertiary alicyclic amines) is 1. The van der Waals surface area contributed by atoms with Gasteiger partial charge >= 0.3 is 5.97 Å².